The van der Waals surface area contributed by atoms with Crippen LogP contribution in [-0.2, 0) is 13.0 Å². The van der Waals surface area contributed by atoms with Gasteiger partial charge in [0.1, 0.15) is 12.4 Å². The van der Waals surface area contributed by atoms with Gasteiger partial charge in [0, 0.05) is 54.8 Å². The van der Waals surface area contributed by atoms with Crippen molar-refractivity contribution >= 4 is 33.9 Å². The molecule has 39 heavy (non-hydrogen) atoms. The molecule has 0 amide bonds. The lowest BCUT2D eigenvalue weighted by Crippen LogP contribution is -2.38. The molecule has 3 atom stereocenters. The van der Waals surface area contributed by atoms with Crippen LogP contribution in [0.2, 0.25) is 5.02 Å². The summed E-state index contributed by atoms with van der Waals surface area (Å²) in [5, 5.41) is 12.5. The lowest BCUT2D eigenvalue weighted by Gasteiger charge is -2.34. The average Bonchev–Trinajstić information content (AvgIpc) is 3.67. The van der Waals surface area contributed by atoms with Crippen LogP contribution < -0.4 is 14.5 Å². The van der Waals surface area contributed by atoms with E-state index in [9.17, 15) is 5.26 Å². The third kappa shape index (κ3) is 4.42. The number of rotatable bonds is 5. The molecule has 0 bridgehead atoms. The quantitative estimate of drug-likeness (QED) is 0.441. The molecule has 8 nitrogen and oxygen atoms in total. The third-order valence-corrected chi connectivity index (χ3v) is 9.55. The number of fused-ring (bicyclic) bond motifs is 3. The predicted octanol–water partition coefficient (Wildman–Crippen LogP) is 4.31. The van der Waals surface area contributed by atoms with Crippen LogP contribution in [0.5, 0.6) is 6.01 Å². The summed E-state index contributed by atoms with van der Waals surface area (Å²) in [4.78, 5) is 19.2. The van der Waals surface area contributed by atoms with Gasteiger partial charge in [-0.15, -0.1) is 0 Å². The third-order valence-electron chi connectivity index (χ3n) is 9.23. The fourth-order valence-electron chi connectivity index (χ4n) is 7.10. The van der Waals surface area contributed by atoms with Crippen LogP contribution in [0.25, 0.3) is 10.8 Å². The summed E-state index contributed by atoms with van der Waals surface area (Å²) in [7, 11) is 2.17. The molecule has 0 radical (unpaired) electrons. The number of ether oxygens (including phenoxy) is 1. The lowest BCUT2D eigenvalue weighted by molar-refractivity contribution is 0.187. The van der Waals surface area contributed by atoms with Crippen LogP contribution in [0, 0.1) is 17.4 Å². The van der Waals surface area contributed by atoms with E-state index in [1.165, 1.54) is 12.0 Å². The number of hydrogen-bond donors (Lipinski definition) is 0. The maximum absolute atomic E-state index is 9.53. The van der Waals surface area contributed by atoms with Gasteiger partial charge in [-0.05, 0) is 56.8 Å². The molecule has 0 aliphatic carbocycles. The largest absolute Gasteiger partial charge is 0.462 e. The topological polar surface area (TPSA) is 71.8 Å². The van der Waals surface area contributed by atoms with Crippen LogP contribution in [0.1, 0.15) is 30.5 Å². The number of hydrogen-bond acceptors (Lipinski definition) is 8. The van der Waals surface area contributed by atoms with Gasteiger partial charge < -0.3 is 24.3 Å². The fourth-order valence-corrected chi connectivity index (χ4v) is 7.38. The molecule has 202 valence electrons. The van der Waals surface area contributed by atoms with E-state index in [-0.39, 0.29) is 0 Å². The van der Waals surface area contributed by atoms with E-state index < -0.39 is 0 Å². The lowest BCUT2D eigenvalue weighted by atomic mass is 10.0. The normalized spacial score (nSPS) is 24.7. The Morgan fingerprint density at radius 2 is 1.95 bits per heavy atom. The molecule has 3 aromatic rings. The summed E-state index contributed by atoms with van der Waals surface area (Å²) >= 11 is 6.70. The number of benzene rings is 2. The Labute approximate surface area is 234 Å². The van der Waals surface area contributed by atoms with E-state index in [1.807, 2.05) is 17.0 Å². The van der Waals surface area contributed by atoms with Gasteiger partial charge in [0.15, 0.2) is 6.19 Å². The van der Waals surface area contributed by atoms with Crippen molar-refractivity contribution in [1.29, 1.82) is 5.26 Å². The molecule has 2 aromatic carbocycles. The van der Waals surface area contributed by atoms with E-state index in [0.717, 1.165) is 85.0 Å². The number of nitrogens with zero attached hydrogens (tertiary/aromatic N) is 7. The Balaban J connectivity index is 1.24. The summed E-state index contributed by atoms with van der Waals surface area (Å²) in [5.41, 5.74) is 3.39. The maximum atomic E-state index is 9.53. The molecule has 3 fully saturated rings. The first-order chi connectivity index (χ1) is 19.1. The van der Waals surface area contributed by atoms with Crippen LogP contribution in [0.4, 0.5) is 11.5 Å². The Bertz CT molecular complexity index is 1440. The molecule has 0 N–H and O–H groups in total. The monoisotopic (exact) mass is 543 g/mol. The summed E-state index contributed by atoms with van der Waals surface area (Å²) in [6, 6.07) is 13.7. The van der Waals surface area contributed by atoms with Gasteiger partial charge in [-0.2, -0.15) is 15.2 Å². The van der Waals surface area contributed by atoms with Crippen molar-refractivity contribution in [1.82, 2.24) is 19.8 Å². The van der Waals surface area contributed by atoms with Crippen molar-refractivity contribution in [3.05, 3.63) is 52.7 Å². The van der Waals surface area contributed by atoms with Gasteiger partial charge in [-0.3, -0.25) is 0 Å². The zero-order valence-electron chi connectivity index (χ0n) is 22.4. The molecule has 1 aromatic heterocycles. The molecule has 0 saturated carbocycles. The van der Waals surface area contributed by atoms with Gasteiger partial charge in [-0.25, -0.2) is 0 Å². The smallest absolute Gasteiger partial charge is 0.318 e. The number of likely N-dealkylation sites (tertiary alicyclic amines) is 2. The van der Waals surface area contributed by atoms with E-state index >= 15 is 0 Å². The molecule has 4 aliphatic rings. The Kier molecular flexibility index (Phi) is 6.37. The van der Waals surface area contributed by atoms with Crippen molar-refractivity contribution in [2.45, 2.75) is 44.3 Å². The van der Waals surface area contributed by atoms with Crippen LogP contribution >= 0.6 is 11.6 Å². The Morgan fingerprint density at radius 1 is 1.08 bits per heavy atom. The Hall–Kier alpha value is -3.28. The molecule has 0 spiro atoms. The van der Waals surface area contributed by atoms with E-state index in [2.05, 4.69) is 52.2 Å². The molecule has 4 aliphatic heterocycles. The molecule has 9 heteroatoms. The number of aromatic nitrogens is 2. The zero-order chi connectivity index (χ0) is 26.5. The minimum absolute atomic E-state index is 0.312. The van der Waals surface area contributed by atoms with E-state index in [0.29, 0.717) is 37.2 Å². The first-order valence-electron chi connectivity index (χ1n) is 14.2. The van der Waals surface area contributed by atoms with Crippen molar-refractivity contribution in [3.63, 3.8) is 0 Å². The second kappa shape index (κ2) is 10.0. The van der Waals surface area contributed by atoms with Gasteiger partial charge in [0.2, 0.25) is 0 Å². The molecular formula is C30H34ClN7O. The van der Waals surface area contributed by atoms with Crippen molar-refractivity contribution in [2.75, 3.05) is 56.2 Å². The molecule has 3 saturated heterocycles. The highest BCUT2D eigenvalue weighted by atomic mass is 35.5. The van der Waals surface area contributed by atoms with Gasteiger partial charge in [-0.1, -0.05) is 35.9 Å². The van der Waals surface area contributed by atoms with Crippen LogP contribution in [0.15, 0.2) is 36.4 Å². The summed E-state index contributed by atoms with van der Waals surface area (Å²) < 4.78 is 6.32. The van der Waals surface area contributed by atoms with Gasteiger partial charge in [0.25, 0.3) is 0 Å². The SMILES string of the molecule is CN1CCC[C@H]1COc1nc2c(c(N3CCC4CN(C#N)CC43)n1)CCN(c1cccc3cccc(Cl)c13)C2. The number of halogens is 1. The second-order valence-electron chi connectivity index (χ2n) is 11.4. The first-order valence-corrected chi connectivity index (χ1v) is 14.5. The first kappa shape index (κ1) is 24.7. The van der Waals surface area contributed by atoms with E-state index in [4.69, 9.17) is 26.3 Å². The predicted molar refractivity (Wildman–Crippen MR) is 153 cm³/mol. The number of anilines is 2. The van der Waals surface area contributed by atoms with Gasteiger partial charge in [0.05, 0.1) is 23.3 Å². The number of nitriles is 1. The highest BCUT2D eigenvalue weighted by Crippen LogP contribution is 2.40. The van der Waals surface area contributed by atoms with Crippen LogP contribution in [-0.4, -0.2) is 78.2 Å². The standard InChI is InChI=1S/C30H34ClN7O/c1-35-12-4-7-22(35)18-39-30-33-25-16-37(26-9-3-6-20-5-2-8-24(31)28(20)26)13-11-23(25)29(34-30)38-14-10-21-15-36(19-32)17-27(21)38/h2-3,5-6,8-9,21-22,27H,4,7,10-18H2,1H3/t21?,22-,27?/m0/s1. The summed E-state index contributed by atoms with van der Waals surface area (Å²) in [6.07, 6.45) is 6.65. The van der Waals surface area contributed by atoms with Crippen molar-refractivity contribution < 1.29 is 4.74 Å². The summed E-state index contributed by atoms with van der Waals surface area (Å²) in [5.74, 6) is 1.52. The Morgan fingerprint density at radius 3 is 2.77 bits per heavy atom. The van der Waals surface area contributed by atoms with Crippen LogP contribution in [0.3, 0.4) is 0 Å². The highest BCUT2D eigenvalue weighted by molar-refractivity contribution is 6.36. The minimum atomic E-state index is 0.312. The molecule has 2 unspecified atom stereocenters. The molecule has 5 heterocycles. The fraction of sp³-hybridized carbons (Fsp3) is 0.500. The minimum Gasteiger partial charge on any atom is -0.462 e. The molecular weight excluding hydrogens is 510 g/mol. The van der Waals surface area contributed by atoms with Crippen molar-refractivity contribution in [2.24, 2.45) is 5.92 Å². The van der Waals surface area contributed by atoms with Gasteiger partial charge >= 0.3 is 6.01 Å². The average molecular weight is 544 g/mol. The second-order valence-corrected chi connectivity index (χ2v) is 11.9. The maximum Gasteiger partial charge on any atom is 0.318 e. The molecule has 7 rings (SSSR count). The van der Waals surface area contributed by atoms with E-state index in [1.54, 1.807) is 0 Å². The van der Waals surface area contributed by atoms with Crippen molar-refractivity contribution in [3.8, 4) is 12.2 Å². The number of likely N-dealkylation sites (N-methyl/N-ethyl adjacent to an activating group) is 1. The summed E-state index contributed by atoms with van der Waals surface area (Å²) in [6.45, 7) is 5.84. The highest BCUT2D eigenvalue weighted by Gasteiger charge is 2.43. The zero-order valence-corrected chi connectivity index (χ0v) is 23.1.